The van der Waals surface area contributed by atoms with Crippen molar-refractivity contribution in [3.05, 3.63) is 23.4 Å². The van der Waals surface area contributed by atoms with Gasteiger partial charge in [-0.05, 0) is 18.6 Å². The van der Waals surface area contributed by atoms with Crippen LogP contribution in [0.5, 0.6) is 0 Å². The Morgan fingerprint density at radius 2 is 2.11 bits per heavy atom. The van der Waals surface area contributed by atoms with Crippen LogP contribution in [0, 0.1) is 0 Å². The van der Waals surface area contributed by atoms with Crippen molar-refractivity contribution in [3.8, 4) is 0 Å². The Morgan fingerprint density at radius 1 is 1.47 bits per heavy atom. The summed E-state index contributed by atoms with van der Waals surface area (Å²) in [6, 6.07) is 2.77. The summed E-state index contributed by atoms with van der Waals surface area (Å²) >= 11 is 0. The van der Waals surface area contributed by atoms with Crippen LogP contribution in [0.25, 0.3) is 0 Å². The molecular weight excluding hydrogens is 261 g/mol. The van der Waals surface area contributed by atoms with E-state index in [2.05, 4.69) is 10.4 Å². The van der Waals surface area contributed by atoms with Gasteiger partial charge in [-0.15, -0.1) is 0 Å². The first-order chi connectivity index (χ1) is 8.76. The topological polar surface area (TPSA) is 71.2 Å². The fraction of sp³-hybridized carbons (Fsp3) is 0.455. The molecule has 1 heterocycles. The SMILES string of the molecule is CCc1cc(C(=O)N(C)CC(F)(F)F)cc(NN)n1. The van der Waals surface area contributed by atoms with Gasteiger partial charge in [0.15, 0.2) is 0 Å². The van der Waals surface area contributed by atoms with Crippen LogP contribution in [0.15, 0.2) is 12.1 Å². The van der Waals surface area contributed by atoms with Gasteiger partial charge in [-0.2, -0.15) is 13.2 Å². The lowest BCUT2D eigenvalue weighted by atomic mass is 10.1. The molecule has 1 amide bonds. The van der Waals surface area contributed by atoms with E-state index in [4.69, 9.17) is 5.84 Å². The highest BCUT2D eigenvalue weighted by molar-refractivity contribution is 5.94. The summed E-state index contributed by atoms with van der Waals surface area (Å²) in [5.74, 6) is 4.71. The maximum Gasteiger partial charge on any atom is 0.406 e. The van der Waals surface area contributed by atoms with E-state index in [9.17, 15) is 18.0 Å². The Labute approximate surface area is 108 Å². The lowest BCUT2D eigenvalue weighted by Gasteiger charge is -2.19. The molecule has 19 heavy (non-hydrogen) atoms. The van der Waals surface area contributed by atoms with Crippen LogP contribution < -0.4 is 11.3 Å². The van der Waals surface area contributed by atoms with Gasteiger partial charge in [0.1, 0.15) is 12.4 Å². The first-order valence-corrected chi connectivity index (χ1v) is 5.56. The molecule has 0 bridgehead atoms. The van der Waals surface area contributed by atoms with Crippen molar-refractivity contribution in [2.75, 3.05) is 19.0 Å². The highest BCUT2D eigenvalue weighted by atomic mass is 19.4. The standard InChI is InChI=1S/C11H15F3N4O/c1-3-8-4-7(5-9(16-8)17-15)10(19)18(2)6-11(12,13)14/h4-5H,3,6,15H2,1-2H3,(H,16,17). The molecule has 0 fully saturated rings. The molecule has 5 nitrogen and oxygen atoms in total. The second kappa shape index (κ2) is 5.87. The first kappa shape index (κ1) is 15.2. The van der Waals surface area contributed by atoms with Gasteiger partial charge in [0.2, 0.25) is 0 Å². The van der Waals surface area contributed by atoms with E-state index in [0.717, 1.165) is 7.05 Å². The Balaban J connectivity index is 2.98. The summed E-state index contributed by atoms with van der Waals surface area (Å²) in [5, 5.41) is 0. The number of hydrazine groups is 1. The predicted octanol–water partition coefficient (Wildman–Crippen LogP) is 1.56. The number of halogens is 3. The van der Waals surface area contributed by atoms with Crippen molar-refractivity contribution in [1.82, 2.24) is 9.88 Å². The fourth-order valence-corrected chi connectivity index (χ4v) is 1.53. The monoisotopic (exact) mass is 276 g/mol. The van der Waals surface area contributed by atoms with Crippen LogP contribution in [0.4, 0.5) is 19.0 Å². The Hall–Kier alpha value is -1.83. The lowest BCUT2D eigenvalue weighted by molar-refractivity contribution is -0.138. The van der Waals surface area contributed by atoms with Gasteiger partial charge >= 0.3 is 6.18 Å². The summed E-state index contributed by atoms with van der Waals surface area (Å²) < 4.78 is 36.7. The molecule has 0 aromatic carbocycles. The molecule has 1 aromatic heterocycles. The summed E-state index contributed by atoms with van der Waals surface area (Å²) in [6.45, 7) is 0.511. The quantitative estimate of drug-likeness (QED) is 0.646. The second-order valence-electron chi connectivity index (χ2n) is 4.01. The highest BCUT2D eigenvalue weighted by Crippen LogP contribution is 2.18. The number of nitrogens with one attached hydrogen (secondary N) is 1. The van der Waals surface area contributed by atoms with E-state index < -0.39 is 18.6 Å². The van der Waals surface area contributed by atoms with Crippen molar-refractivity contribution in [2.24, 2.45) is 5.84 Å². The maximum absolute atomic E-state index is 12.2. The number of anilines is 1. The third-order valence-electron chi connectivity index (χ3n) is 2.40. The third kappa shape index (κ3) is 4.40. The Kier molecular flexibility index (Phi) is 4.71. The van der Waals surface area contributed by atoms with Crippen LogP contribution in [-0.2, 0) is 6.42 Å². The average Bonchev–Trinajstić information content (AvgIpc) is 2.35. The number of nitrogen functional groups attached to an aromatic ring is 1. The highest BCUT2D eigenvalue weighted by Gasteiger charge is 2.31. The second-order valence-corrected chi connectivity index (χ2v) is 4.01. The van der Waals surface area contributed by atoms with E-state index in [0.29, 0.717) is 17.0 Å². The zero-order valence-corrected chi connectivity index (χ0v) is 10.6. The van der Waals surface area contributed by atoms with E-state index in [1.807, 2.05) is 6.92 Å². The molecule has 0 aliphatic carbocycles. The van der Waals surface area contributed by atoms with E-state index in [-0.39, 0.29) is 11.4 Å². The minimum Gasteiger partial charge on any atom is -0.333 e. The number of nitrogens with zero attached hydrogens (tertiary/aromatic N) is 2. The van der Waals surface area contributed by atoms with E-state index in [1.165, 1.54) is 12.1 Å². The van der Waals surface area contributed by atoms with Gasteiger partial charge in [0, 0.05) is 18.3 Å². The van der Waals surface area contributed by atoms with Crippen LogP contribution in [0.3, 0.4) is 0 Å². The van der Waals surface area contributed by atoms with Crippen molar-refractivity contribution in [3.63, 3.8) is 0 Å². The number of pyridine rings is 1. The first-order valence-electron chi connectivity index (χ1n) is 5.56. The number of hydrogen-bond acceptors (Lipinski definition) is 4. The van der Waals surface area contributed by atoms with Crippen LogP contribution in [0.2, 0.25) is 0 Å². The largest absolute Gasteiger partial charge is 0.406 e. The number of rotatable bonds is 4. The minimum atomic E-state index is -4.43. The molecular formula is C11H15F3N4O. The number of aromatic nitrogens is 1. The maximum atomic E-state index is 12.2. The van der Waals surface area contributed by atoms with Gasteiger partial charge in [0.25, 0.3) is 5.91 Å². The molecule has 0 spiro atoms. The van der Waals surface area contributed by atoms with Gasteiger partial charge in [-0.3, -0.25) is 4.79 Å². The average molecular weight is 276 g/mol. The zero-order chi connectivity index (χ0) is 14.6. The molecule has 106 valence electrons. The summed E-state index contributed by atoms with van der Waals surface area (Å²) in [4.78, 5) is 16.6. The summed E-state index contributed by atoms with van der Waals surface area (Å²) in [5.41, 5.74) is 2.97. The number of amides is 1. The van der Waals surface area contributed by atoms with Gasteiger partial charge < -0.3 is 10.3 Å². The molecule has 1 rings (SSSR count). The summed E-state index contributed by atoms with van der Waals surface area (Å²) in [7, 11) is 1.09. The molecule has 0 aliphatic heterocycles. The molecule has 0 atom stereocenters. The molecule has 1 aromatic rings. The third-order valence-corrected chi connectivity index (χ3v) is 2.40. The number of hydrogen-bond donors (Lipinski definition) is 2. The molecule has 0 radical (unpaired) electrons. The Bertz CT molecular complexity index is 439. The number of carbonyl (C=O) groups excluding carboxylic acids is 1. The molecule has 8 heteroatoms. The smallest absolute Gasteiger partial charge is 0.333 e. The molecule has 0 saturated carbocycles. The zero-order valence-electron chi connectivity index (χ0n) is 10.6. The fourth-order valence-electron chi connectivity index (χ4n) is 1.53. The number of alkyl halides is 3. The van der Waals surface area contributed by atoms with Gasteiger partial charge in [0.05, 0.1) is 0 Å². The van der Waals surface area contributed by atoms with Crippen LogP contribution in [0.1, 0.15) is 23.0 Å². The van der Waals surface area contributed by atoms with Gasteiger partial charge in [-0.1, -0.05) is 6.92 Å². The van der Waals surface area contributed by atoms with E-state index in [1.54, 1.807) is 0 Å². The molecule has 0 saturated heterocycles. The van der Waals surface area contributed by atoms with Crippen LogP contribution >= 0.6 is 0 Å². The summed E-state index contributed by atoms with van der Waals surface area (Å²) in [6.07, 6.45) is -3.89. The lowest BCUT2D eigenvalue weighted by Crippen LogP contribution is -2.36. The predicted molar refractivity (Wildman–Crippen MR) is 64.4 cm³/mol. The van der Waals surface area contributed by atoms with Crippen molar-refractivity contribution in [1.29, 1.82) is 0 Å². The van der Waals surface area contributed by atoms with Gasteiger partial charge in [-0.25, -0.2) is 10.8 Å². The molecule has 0 unspecified atom stereocenters. The van der Waals surface area contributed by atoms with Crippen molar-refractivity contribution >= 4 is 11.7 Å². The van der Waals surface area contributed by atoms with Crippen LogP contribution in [-0.4, -0.2) is 35.6 Å². The molecule has 0 aliphatic rings. The van der Waals surface area contributed by atoms with Crippen molar-refractivity contribution in [2.45, 2.75) is 19.5 Å². The number of aryl methyl sites for hydroxylation is 1. The minimum absolute atomic E-state index is 0.117. The van der Waals surface area contributed by atoms with E-state index >= 15 is 0 Å². The van der Waals surface area contributed by atoms with Crippen molar-refractivity contribution < 1.29 is 18.0 Å². The Morgan fingerprint density at radius 3 is 2.58 bits per heavy atom. The normalized spacial score (nSPS) is 11.3. The number of nitrogens with two attached hydrogens (primary N) is 1. The molecule has 3 N–H and O–H groups in total. The number of carbonyl (C=O) groups is 1.